The summed E-state index contributed by atoms with van der Waals surface area (Å²) in [5.41, 5.74) is 0. The largest absolute Gasteiger partial charge is 3.00 e. The van der Waals surface area contributed by atoms with Crippen LogP contribution < -0.4 is 0 Å². The van der Waals surface area contributed by atoms with Gasteiger partial charge in [-0.3, -0.25) is 16.0 Å². The molecule has 2 atom stereocenters. The number of rotatable bonds is 3. The second-order valence-electron chi connectivity index (χ2n) is 2.07. The third kappa shape index (κ3) is 5.60. The van der Waals surface area contributed by atoms with Crippen LogP contribution in [0.5, 0.6) is 0 Å². The zero-order valence-electron chi connectivity index (χ0n) is 5.94. The Morgan fingerprint density at radius 1 is 1.45 bits per heavy atom. The van der Waals surface area contributed by atoms with Crippen molar-refractivity contribution in [1.29, 1.82) is 0 Å². The van der Waals surface area contributed by atoms with Gasteiger partial charge >= 0.3 is 32.7 Å². The molecule has 0 bridgehead atoms. The van der Waals surface area contributed by atoms with Crippen molar-refractivity contribution in [2.24, 2.45) is 0 Å². The van der Waals surface area contributed by atoms with E-state index in [2.05, 4.69) is 0 Å². The molecule has 2 unspecified atom stereocenters. The quantitative estimate of drug-likeness (QED) is 0.547. The van der Waals surface area contributed by atoms with E-state index in [0.717, 1.165) is 0 Å². The summed E-state index contributed by atoms with van der Waals surface area (Å²) in [6, 6.07) is 0. The molecule has 0 rings (SSSR count). The van der Waals surface area contributed by atoms with Crippen molar-refractivity contribution < 1.29 is 52.5 Å². The smallest absolute Gasteiger partial charge is 0.503 e. The van der Waals surface area contributed by atoms with Crippen LogP contribution in [0.1, 0.15) is 6.92 Å². The fourth-order valence-electron chi connectivity index (χ4n) is 0.318. The first-order chi connectivity index (χ1) is 4.36. The fourth-order valence-corrected chi connectivity index (χ4v) is 0.461. The number of hydrogen-bond donors (Lipinski definition) is 2. The molecule has 0 saturated heterocycles. The molecule has 0 saturated carbocycles. The van der Waals surface area contributed by atoms with E-state index < -0.39 is 17.1 Å². The molecule has 0 fully saturated rings. The second kappa shape index (κ2) is 5.07. The van der Waals surface area contributed by atoms with Crippen LogP contribution in [0.15, 0.2) is 0 Å². The molecule has 6 heteroatoms. The number of aliphatic carboxylic acids is 2. The van der Waals surface area contributed by atoms with Gasteiger partial charge in [0.15, 0.2) is 5.97 Å². The Labute approximate surface area is 91.8 Å². The molecule has 58 valence electrons. The van der Waals surface area contributed by atoms with Crippen LogP contribution in [0.3, 0.4) is 0 Å². The Bertz CT molecular complexity index is 168. The summed E-state index contributed by atoms with van der Waals surface area (Å²) in [7, 11) is 1.94. The van der Waals surface area contributed by atoms with Crippen LogP contribution in [-0.2, 0) is 42.3 Å². The van der Waals surface area contributed by atoms with Gasteiger partial charge in [-0.15, -0.1) is 9.24 Å². The summed E-state index contributed by atoms with van der Waals surface area (Å²) in [5, 5.41) is 15.2. The van der Waals surface area contributed by atoms with Gasteiger partial charge in [0.2, 0.25) is 0 Å². The van der Waals surface area contributed by atoms with Crippen molar-refractivity contribution in [3.8, 4) is 0 Å². The van der Waals surface area contributed by atoms with E-state index in [9.17, 15) is 9.59 Å². The maximum atomic E-state index is 10.2. The number of carboxylic acids is 2. The minimum absolute atomic E-state index is 0. The molecule has 2 N–H and O–H groups in total. The van der Waals surface area contributed by atoms with Gasteiger partial charge in [-0.25, -0.2) is 0 Å². The molecular weight excluding hydrogens is 244 g/mol. The maximum Gasteiger partial charge on any atom is 3.00 e. The van der Waals surface area contributed by atoms with Gasteiger partial charge in [-0.1, -0.05) is 6.92 Å². The normalized spacial score (nSPS) is 14.0. The summed E-state index contributed by atoms with van der Waals surface area (Å²) in [4.78, 5) is 20.2. The Morgan fingerprint density at radius 3 is 1.91 bits per heavy atom. The molecule has 11 heavy (non-hydrogen) atoms. The van der Waals surface area contributed by atoms with Gasteiger partial charge in [-0.05, 0) is 5.16 Å². The van der Waals surface area contributed by atoms with Gasteiger partial charge in [0.05, 0.1) is 0 Å². The van der Waals surface area contributed by atoms with E-state index in [1.165, 1.54) is 6.92 Å². The summed E-state index contributed by atoms with van der Waals surface area (Å²) in [6.45, 7) is 1.29. The van der Waals surface area contributed by atoms with Gasteiger partial charge in [0, 0.05) is 0 Å². The maximum absolute atomic E-state index is 10.2. The Kier molecular flexibility index (Phi) is 6.41. The predicted octanol–water partition coefficient (Wildman–Crippen LogP) is -0.00881. The molecule has 4 nitrogen and oxygen atoms in total. The van der Waals surface area contributed by atoms with Crippen molar-refractivity contribution in [3.05, 3.63) is 6.42 Å². The average molecular weight is 252 g/mol. The van der Waals surface area contributed by atoms with Crippen molar-refractivity contribution >= 4 is 21.2 Å². The summed E-state index contributed by atoms with van der Waals surface area (Å²) < 4.78 is 0. The predicted molar refractivity (Wildman–Crippen MR) is 37.7 cm³/mol. The van der Waals surface area contributed by atoms with Crippen LogP contribution >= 0.6 is 9.24 Å². The molecule has 0 amide bonds. The van der Waals surface area contributed by atoms with E-state index in [4.69, 9.17) is 10.2 Å². The van der Waals surface area contributed by atoms with E-state index >= 15 is 0 Å². The van der Waals surface area contributed by atoms with Crippen molar-refractivity contribution in [2.75, 3.05) is 0 Å². The van der Waals surface area contributed by atoms with Gasteiger partial charge in [0.25, 0.3) is 5.97 Å². The monoisotopic (exact) mass is 252 g/mol. The molecule has 0 aliphatic carbocycles. The van der Waals surface area contributed by atoms with Crippen LogP contribution in [0.4, 0.5) is 0 Å². The summed E-state index contributed by atoms with van der Waals surface area (Å²) in [6.07, 6.45) is 0.708. The van der Waals surface area contributed by atoms with Crippen LogP contribution in [-0.4, -0.2) is 27.3 Å². The van der Waals surface area contributed by atoms with Crippen molar-refractivity contribution in [2.45, 2.75) is 12.1 Å². The van der Waals surface area contributed by atoms with E-state index in [0.29, 0.717) is 6.42 Å². The molecule has 0 aromatic carbocycles. The van der Waals surface area contributed by atoms with E-state index in [1.54, 1.807) is 0 Å². The minimum atomic E-state index is -1.37. The molecule has 0 aromatic rings. The SMILES string of the molecule is CC(P)([CH-]C(=O)O)C(=O)O.[Y+3]. The third-order valence-corrected chi connectivity index (χ3v) is 1.30. The number of hydrogen-bond acceptors (Lipinski definition) is 2. The van der Waals surface area contributed by atoms with Crippen molar-refractivity contribution in [1.82, 2.24) is 0 Å². The first-order valence-corrected chi connectivity index (χ1v) is 3.05. The molecule has 0 aliphatic rings. The zero-order chi connectivity index (χ0) is 8.36. The fraction of sp³-hybridized carbons (Fsp3) is 0.400. The standard InChI is InChI=1S/C5H8O4P.Y/c1-5(10,4(8)9)2-3(6)7;/h2H,10H2,1H3,(H,6,7)(H,8,9);/q-1;+3. The van der Waals surface area contributed by atoms with Gasteiger partial charge < -0.3 is 10.2 Å². The van der Waals surface area contributed by atoms with E-state index in [1.807, 2.05) is 9.24 Å². The third-order valence-electron chi connectivity index (χ3n) is 0.884. The van der Waals surface area contributed by atoms with Gasteiger partial charge in [-0.2, -0.15) is 0 Å². The van der Waals surface area contributed by atoms with Gasteiger partial charge in [0.1, 0.15) is 0 Å². The second-order valence-corrected chi connectivity index (χ2v) is 3.27. The van der Waals surface area contributed by atoms with Crippen LogP contribution in [0, 0.1) is 6.42 Å². The molecule has 0 aliphatic heterocycles. The Balaban J connectivity index is 0. The molecular formula is C5H8O4PY+2. The topological polar surface area (TPSA) is 74.6 Å². The molecule has 0 aromatic heterocycles. The molecule has 0 radical (unpaired) electrons. The van der Waals surface area contributed by atoms with Crippen LogP contribution in [0.25, 0.3) is 0 Å². The zero-order valence-corrected chi connectivity index (χ0v) is 9.94. The van der Waals surface area contributed by atoms with Crippen molar-refractivity contribution in [3.63, 3.8) is 0 Å². The molecule has 0 heterocycles. The summed E-state index contributed by atoms with van der Waals surface area (Å²) in [5.74, 6) is -2.42. The minimum Gasteiger partial charge on any atom is -0.503 e. The Morgan fingerprint density at radius 2 is 1.82 bits per heavy atom. The Hall–Kier alpha value is 0.344. The number of carboxylic acid groups (broad SMARTS) is 2. The number of carbonyl (C=O) groups is 2. The summed E-state index contributed by atoms with van der Waals surface area (Å²) >= 11 is 0. The first kappa shape index (κ1) is 13.9. The average Bonchev–Trinajstić information content (AvgIpc) is 1.60. The van der Waals surface area contributed by atoms with Crippen LogP contribution in [0.2, 0.25) is 0 Å². The molecule has 0 spiro atoms. The first-order valence-electron chi connectivity index (χ1n) is 2.47. The van der Waals surface area contributed by atoms with E-state index in [-0.39, 0.29) is 32.7 Å².